The summed E-state index contributed by atoms with van der Waals surface area (Å²) in [5, 5.41) is 10.1. The molecule has 0 unspecified atom stereocenters. The number of likely N-dealkylation sites (tertiary alicyclic amines) is 1. The lowest BCUT2D eigenvalue weighted by Gasteiger charge is -2.33. The number of hydrogen-bond acceptors (Lipinski definition) is 5. The molecule has 7 nitrogen and oxygen atoms in total. The lowest BCUT2D eigenvalue weighted by atomic mass is 9.92. The molecule has 1 aromatic carbocycles. The molecule has 0 aliphatic carbocycles. The van der Waals surface area contributed by atoms with Crippen molar-refractivity contribution < 1.29 is 9.18 Å². The van der Waals surface area contributed by atoms with Crippen LogP contribution >= 0.6 is 11.6 Å². The standard InChI is InChI=1S/C22H24ClFN6O/c1-13-9-20(29-28-13)27-19-11-16(25-14(2)26-19)10-15-5-4-8-30(12-15)22(31)17-6-3-7-18(24)21(17)23/h3,6-7,9,11,15H,4-5,8,10,12H2,1-2H3,(H2,25,26,27,28,29)/t15-/m1/s1. The summed E-state index contributed by atoms with van der Waals surface area (Å²) in [5.41, 5.74) is 2.07. The van der Waals surface area contributed by atoms with Gasteiger partial charge in [-0.25, -0.2) is 14.4 Å². The molecule has 9 heteroatoms. The van der Waals surface area contributed by atoms with E-state index in [1.165, 1.54) is 12.1 Å². The third-order valence-electron chi connectivity index (χ3n) is 5.34. The second-order valence-electron chi connectivity index (χ2n) is 7.92. The fraction of sp³-hybridized carbons (Fsp3) is 0.364. The molecule has 1 fully saturated rings. The molecule has 1 aliphatic heterocycles. The maximum Gasteiger partial charge on any atom is 0.255 e. The van der Waals surface area contributed by atoms with Gasteiger partial charge in [-0.1, -0.05) is 17.7 Å². The monoisotopic (exact) mass is 442 g/mol. The van der Waals surface area contributed by atoms with E-state index >= 15 is 0 Å². The van der Waals surface area contributed by atoms with Crippen molar-refractivity contribution in [1.29, 1.82) is 0 Å². The highest BCUT2D eigenvalue weighted by Crippen LogP contribution is 2.26. The molecule has 31 heavy (non-hydrogen) atoms. The first kappa shape index (κ1) is 21.2. The fourth-order valence-corrected chi connectivity index (χ4v) is 4.17. The van der Waals surface area contributed by atoms with Crippen LogP contribution in [-0.4, -0.2) is 44.1 Å². The van der Waals surface area contributed by atoms with Gasteiger partial charge in [-0.15, -0.1) is 0 Å². The first-order chi connectivity index (χ1) is 14.9. The largest absolute Gasteiger partial charge is 0.338 e. The van der Waals surface area contributed by atoms with Crippen molar-refractivity contribution in [3.63, 3.8) is 0 Å². The van der Waals surface area contributed by atoms with Gasteiger partial charge in [-0.2, -0.15) is 5.10 Å². The Bertz CT molecular complexity index is 1100. The Labute approximate surface area is 185 Å². The Morgan fingerprint density at radius 3 is 2.90 bits per heavy atom. The summed E-state index contributed by atoms with van der Waals surface area (Å²) in [6.45, 7) is 5.00. The first-order valence-corrected chi connectivity index (χ1v) is 10.6. The molecule has 0 radical (unpaired) electrons. The van der Waals surface area contributed by atoms with Gasteiger partial charge in [0.1, 0.15) is 17.5 Å². The molecule has 0 bridgehead atoms. The summed E-state index contributed by atoms with van der Waals surface area (Å²) < 4.78 is 13.8. The first-order valence-electron chi connectivity index (χ1n) is 10.3. The molecular formula is C22H24ClFN6O. The minimum atomic E-state index is -0.579. The van der Waals surface area contributed by atoms with Gasteiger partial charge in [0, 0.05) is 36.6 Å². The van der Waals surface area contributed by atoms with E-state index in [0.29, 0.717) is 30.5 Å². The zero-order valence-corrected chi connectivity index (χ0v) is 18.2. The zero-order valence-electron chi connectivity index (χ0n) is 17.5. The number of aromatic nitrogens is 4. The molecule has 1 saturated heterocycles. The number of benzene rings is 1. The molecule has 4 rings (SSSR count). The van der Waals surface area contributed by atoms with E-state index in [2.05, 4.69) is 25.5 Å². The van der Waals surface area contributed by atoms with Gasteiger partial charge in [-0.05, 0) is 51.2 Å². The number of carbonyl (C=O) groups is 1. The third-order valence-corrected chi connectivity index (χ3v) is 5.72. The number of carbonyl (C=O) groups excluding carboxylic acids is 1. The van der Waals surface area contributed by atoms with Gasteiger partial charge in [0.15, 0.2) is 5.82 Å². The number of amides is 1. The molecule has 3 heterocycles. The Hall–Kier alpha value is -3.00. The van der Waals surface area contributed by atoms with Crippen molar-refractivity contribution in [1.82, 2.24) is 25.1 Å². The van der Waals surface area contributed by atoms with Crippen LogP contribution in [0.4, 0.5) is 16.0 Å². The number of anilines is 2. The zero-order chi connectivity index (χ0) is 22.0. The van der Waals surface area contributed by atoms with Gasteiger partial charge in [0.2, 0.25) is 0 Å². The summed E-state index contributed by atoms with van der Waals surface area (Å²) in [7, 11) is 0. The second kappa shape index (κ2) is 9.01. The lowest BCUT2D eigenvalue weighted by Crippen LogP contribution is -2.40. The van der Waals surface area contributed by atoms with Crippen LogP contribution in [0.15, 0.2) is 30.3 Å². The lowest BCUT2D eigenvalue weighted by molar-refractivity contribution is 0.0672. The summed E-state index contributed by atoms with van der Waals surface area (Å²) in [4.78, 5) is 23.7. The number of nitrogens with one attached hydrogen (secondary N) is 2. The number of halogens is 2. The van der Waals surface area contributed by atoms with Crippen LogP contribution in [0, 0.1) is 25.6 Å². The van der Waals surface area contributed by atoms with Crippen LogP contribution in [0.3, 0.4) is 0 Å². The highest BCUT2D eigenvalue weighted by atomic mass is 35.5. The number of hydrogen-bond donors (Lipinski definition) is 2. The molecule has 2 N–H and O–H groups in total. The van der Waals surface area contributed by atoms with E-state index < -0.39 is 5.82 Å². The molecular weight excluding hydrogens is 419 g/mol. The summed E-state index contributed by atoms with van der Waals surface area (Å²) >= 11 is 6.02. The predicted molar refractivity (Wildman–Crippen MR) is 117 cm³/mol. The van der Waals surface area contributed by atoms with E-state index in [1.807, 2.05) is 26.0 Å². The molecule has 0 spiro atoms. The van der Waals surface area contributed by atoms with Crippen molar-refractivity contribution in [2.45, 2.75) is 33.1 Å². The van der Waals surface area contributed by atoms with E-state index in [9.17, 15) is 9.18 Å². The Morgan fingerprint density at radius 2 is 2.13 bits per heavy atom. The molecule has 0 saturated carbocycles. The number of rotatable bonds is 5. The van der Waals surface area contributed by atoms with Gasteiger partial charge in [0.05, 0.1) is 10.6 Å². The Morgan fingerprint density at radius 1 is 1.29 bits per heavy atom. The second-order valence-corrected chi connectivity index (χ2v) is 8.30. The quantitative estimate of drug-likeness (QED) is 0.609. The van der Waals surface area contributed by atoms with E-state index in [-0.39, 0.29) is 22.4 Å². The molecule has 162 valence electrons. The van der Waals surface area contributed by atoms with Crippen molar-refractivity contribution in [2.75, 3.05) is 18.4 Å². The smallest absolute Gasteiger partial charge is 0.255 e. The number of piperidine rings is 1. The van der Waals surface area contributed by atoms with Crippen LogP contribution < -0.4 is 5.32 Å². The summed E-state index contributed by atoms with van der Waals surface area (Å²) in [5.74, 6) is 1.49. The fourth-order valence-electron chi connectivity index (χ4n) is 3.96. The predicted octanol–water partition coefficient (Wildman–Crippen LogP) is 4.45. The van der Waals surface area contributed by atoms with Crippen LogP contribution in [0.25, 0.3) is 0 Å². The Kier molecular flexibility index (Phi) is 6.18. The normalized spacial score (nSPS) is 16.4. The van der Waals surface area contributed by atoms with E-state index in [1.54, 1.807) is 11.0 Å². The van der Waals surface area contributed by atoms with Crippen LogP contribution in [0.1, 0.15) is 40.4 Å². The molecule has 3 aromatic rings. The Balaban J connectivity index is 1.45. The molecule has 1 aliphatic rings. The van der Waals surface area contributed by atoms with Gasteiger partial charge in [0.25, 0.3) is 5.91 Å². The van der Waals surface area contributed by atoms with Crippen molar-refractivity contribution in [3.8, 4) is 0 Å². The number of nitrogens with zero attached hydrogens (tertiary/aromatic N) is 4. The van der Waals surface area contributed by atoms with Crippen LogP contribution in [-0.2, 0) is 6.42 Å². The van der Waals surface area contributed by atoms with Gasteiger partial charge in [-0.3, -0.25) is 9.89 Å². The molecule has 1 amide bonds. The van der Waals surface area contributed by atoms with Crippen molar-refractivity contribution in [3.05, 3.63) is 63.9 Å². The SMILES string of the molecule is Cc1nc(C[C@H]2CCCN(C(=O)c3cccc(F)c3Cl)C2)cc(Nc2cc(C)[nH]n2)n1. The minimum absolute atomic E-state index is 0.120. The van der Waals surface area contributed by atoms with E-state index in [0.717, 1.165) is 30.7 Å². The average Bonchev–Trinajstić information content (AvgIpc) is 3.14. The van der Waals surface area contributed by atoms with Crippen molar-refractivity contribution in [2.24, 2.45) is 5.92 Å². The number of aryl methyl sites for hydroxylation is 2. The average molecular weight is 443 g/mol. The summed E-state index contributed by atoms with van der Waals surface area (Å²) in [6, 6.07) is 8.15. The highest BCUT2D eigenvalue weighted by Gasteiger charge is 2.27. The van der Waals surface area contributed by atoms with Crippen LogP contribution in [0.5, 0.6) is 0 Å². The van der Waals surface area contributed by atoms with E-state index in [4.69, 9.17) is 11.6 Å². The molecule has 1 atom stereocenters. The third kappa shape index (κ3) is 5.02. The van der Waals surface area contributed by atoms with Crippen molar-refractivity contribution >= 4 is 29.1 Å². The number of H-pyrrole nitrogens is 1. The summed E-state index contributed by atoms with van der Waals surface area (Å²) in [6.07, 6.45) is 2.59. The molecule has 2 aromatic heterocycles. The van der Waals surface area contributed by atoms with Gasteiger partial charge < -0.3 is 10.2 Å². The van der Waals surface area contributed by atoms with Crippen LogP contribution in [0.2, 0.25) is 5.02 Å². The minimum Gasteiger partial charge on any atom is -0.338 e. The highest BCUT2D eigenvalue weighted by molar-refractivity contribution is 6.34. The maximum absolute atomic E-state index is 13.8. The number of aromatic amines is 1. The van der Waals surface area contributed by atoms with Gasteiger partial charge >= 0.3 is 0 Å². The topological polar surface area (TPSA) is 86.8 Å². The maximum atomic E-state index is 13.8.